The molecule has 5 heteroatoms. The number of rotatable bonds is 7. The first-order valence-electron chi connectivity index (χ1n) is 6.06. The van der Waals surface area contributed by atoms with Gasteiger partial charge in [0.2, 0.25) is 0 Å². The van der Waals surface area contributed by atoms with Crippen molar-refractivity contribution in [2.75, 3.05) is 6.61 Å². The van der Waals surface area contributed by atoms with Gasteiger partial charge in [0.05, 0.1) is 19.4 Å². The quantitative estimate of drug-likeness (QED) is 0.755. The zero-order chi connectivity index (χ0) is 12.6. The van der Waals surface area contributed by atoms with Crippen molar-refractivity contribution in [1.29, 1.82) is 0 Å². The summed E-state index contributed by atoms with van der Waals surface area (Å²) in [5.74, 6) is 0.904. The fourth-order valence-corrected chi connectivity index (χ4v) is 1.60. The van der Waals surface area contributed by atoms with E-state index in [0.717, 1.165) is 25.1 Å². The second kappa shape index (κ2) is 6.76. The summed E-state index contributed by atoms with van der Waals surface area (Å²) in [6.07, 6.45) is 3.70. The van der Waals surface area contributed by atoms with Crippen LogP contribution >= 0.6 is 0 Å². The minimum atomic E-state index is -0.0584. The van der Waals surface area contributed by atoms with Crippen LogP contribution in [0.5, 0.6) is 5.75 Å². The van der Waals surface area contributed by atoms with E-state index in [2.05, 4.69) is 10.3 Å². The standard InChI is InChI=1S/C13H17N3O2/c17-11-12-10-16(15-14-12)8-4-5-9-18-13-6-2-1-3-7-13/h1-3,6-7,10,17H,4-5,8-9,11H2. The van der Waals surface area contributed by atoms with Crippen molar-refractivity contribution in [2.45, 2.75) is 26.0 Å². The van der Waals surface area contributed by atoms with Crippen LogP contribution in [0.4, 0.5) is 0 Å². The number of aromatic nitrogens is 3. The van der Waals surface area contributed by atoms with Crippen molar-refractivity contribution in [1.82, 2.24) is 15.0 Å². The van der Waals surface area contributed by atoms with Crippen molar-refractivity contribution in [3.8, 4) is 5.75 Å². The fourth-order valence-electron chi connectivity index (χ4n) is 1.60. The van der Waals surface area contributed by atoms with E-state index in [0.29, 0.717) is 12.3 Å². The summed E-state index contributed by atoms with van der Waals surface area (Å²) >= 11 is 0. The van der Waals surface area contributed by atoms with Gasteiger partial charge < -0.3 is 9.84 Å². The molecule has 0 aliphatic heterocycles. The Labute approximate surface area is 106 Å². The molecule has 96 valence electrons. The molecule has 0 saturated heterocycles. The van der Waals surface area contributed by atoms with Gasteiger partial charge in [-0.2, -0.15) is 0 Å². The lowest BCUT2D eigenvalue weighted by molar-refractivity contribution is 0.276. The molecule has 0 atom stereocenters. The van der Waals surface area contributed by atoms with Crippen LogP contribution in [-0.4, -0.2) is 26.7 Å². The normalized spacial score (nSPS) is 10.5. The number of nitrogens with zero attached hydrogens (tertiary/aromatic N) is 3. The minimum Gasteiger partial charge on any atom is -0.494 e. The van der Waals surface area contributed by atoms with Crippen LogP contribution in [0.1, 0.15) is 18.5 Å². The molecule has 0 radical (unpaired) electrons. The molecular formula is C13H17N3O2. The van der Waals surface area contributed by atoms with Crippen LogP contribution < -0.4 is 4.74 Å². The van der Waals surface area contributed by atoms with Gasteiger partial charge in [-0.25, -0.2) is 0 Å². The number of hydrogen-bond acceptors (Lipinski definition) is 4. The van der Waals surface area contributed by atoms with E-state index in [1.165, 1.54) is 0 Å². The molecule has 0 bridgehead atoms. The molecule has 2 rings (SSSR count). The molecule has 0 amide bonds. The number of hydrogen-bond donors (Lipinski definition) is 1. The minimum absolute atomic E-state index is 0.0584. The molecule has 0 fully saturated rings. The lowest BCUT2D eigenvalue weighted by atomic mass is 10.3. The van der Waals surface area contributed by atoms with Gasteiger partial charge in [0, 0.05) is 6.54 Å². The number of aryl methyl sites for hydroxylation is 1. The summed E-state index contributed by atoms with van der Waals surface area (Å²) in [5, 5.41) is 16.6. The molecule has 0 aliphatic rings. The van der Waals surface area contributed by atoms with E-state index in [-0.39, 0.29) is 6.61 Å². The maximum atomic E-state index is 8.85. The highest BCUT2D eigenvalue weighted by Crippen LogP contribution is 2.09. The van der Waals surface area contributed by atoms with Crippen LogP contribution in [0.15, 0.2) is 36.5 Å². The van der Waals surface area contributed by atoms with Crippen molar-refractivity contribution in [3.05, 3.63) is 42.2 Å². The highest BCUT2D eigenvalue weighted by molar-refractivity contribution is 5.20. The largest absolute Gasteiger partial charge is 0.494 e. The molecular weight excluding hydrogens is 230 g/mol. The van der Waals surface area contributed by atoms with Crippen LogP contribution in [0.2, 0.25) is 0 Å². The predicted octanol–water partition coefficient (Wildman–Crippen LogP) is 1.63. The molecule has 1 heterocycles. The number of benzene rings is 1. The Morgan fingerprint density at radius 3 is 2.72 bits per heavy atom. The third-order valence-electron chi connectivity index (χ3n) is 2.54. The first-order valence-corrected chi connectivity index (χ1v) is 6.06. The lowest BCUT2D eigenvalue weighted by Gasteiger charge is -2.05. The van der Waals surface area contributed by atoms with Gasteiger partial charge in [0.1, 0.15) is 11.4 Å². The lowest BCUT2D eigenvalue weighted by Crippen LogP contribution is -2.02. The summed E-state index contributed by atoms with van der Waals surface area (Å²) in [4.78, 5) is 0. The Hall–Kier alpha value is -1.88. The Morgan fingerprint density at radius 2 is 2.00 bits per heavy atom. The zero-order valence-electron chi connectivity index (χ0n) is 10.2. The smallest absolute Gasteiger partial charge is 0.119 e. The van der Waals surface area contributed by atoms with Gasteiger partial charge in [-0.15, -0.1) is 5.10 Å². The Morgan fingerprint density at radius 1 is 1.17 bits per heavy atom. The SMILES string of the molecule is OCc1cn(CCCCOc2ccccc2)nn1. The van der Waals surface area contributed by atoms with Gasteiger partial charge >= 0.3 is 0 Å². The third kappa shape index (κ3) is 3.85. The molecule has 0 unspecified atom stereocenters. The average molecular weight is 247 g/mol. The second-order valence-corrected chi connectivity index (χ2v) is 4.00. The van der Waals surface area contributed by atoms with Gasteiger partial charge in [-0.3, -0.25) is 4.68 Å². The molecule has 18 heavy (non-hydrogen) atoms. The first kappa shape index (κ1) is 12.6. The van der Waals surface area contributed by atoms with E-state index in [9.17, 15) is 0 Å². The van der Waals surface area contributed by atoms with Crippen LogP contribution in [0.3, 0.4) is 0 Å². The topological polar surface area (TPSA) is 60.2 Å². The van der Waals surface area contributed by atoms with E-state index >= 15 is 0 Å². The van der Waals surface area contributed by atoms with Gasteiger partial charge in [-0.05, 0) is 25.0 Å². The number of para-hydroxylation sites is 1. The van der Waals surface area contributed by atoms with Gasteiger partial charge in [0.25, 0.3) is 0 Å². The number of aliphatic hydroxyl groups excluding tert-OH is 1. The maximum absolute atomic E-state index is 8.85. The molecule has 1 aromatic heterocycles. The summed E-state index contributed by atoms with van der Waals surface area (Å²) < 4.78 is 7.33. The predicted molar refractivity (Wildman–Crippen MR) is 67.1 cm³/mol. The van der Waals surface area contributed by atoms with E-state index in [1.807, 2.05) is 30.3 Å². The average Bonchev–Trinajstić information content (AvgIpc) is 2.87. The summed E-state index contributed by atoms with van der Waals surface area (Å²) in [6.45, 7) is 1.44. The molecule has 1 N–H and O–H groups in total. The van der Waals surface area contributed by atoms with Crippen molar-refractivity contribution >= 4 is 0 Å². The first-order chi connectivity index (χ1) is 8.88. The van der Waals surface area contributed by atoms with Crippen molar-refractivity contribution < 1.29 is 9.84 Å². The highest BCUT2D eigenvalue weighted by atomic mass is 16.5. The monoisotopic (exact) mass is 247 g/mol. The highest BCUT2D eigenvalue weighted by Gasteiger charge is 1.98. The number of aliphatic hydroxyl groups is 1. The summed E-state index contributed by atoms with van der Waals surface area (Å²) in [7, 11) is 0. The molecule has 2 aromatic rings. The van der Waals surface area contributed by atoms with E-state index < -0.39 is 0 Å². The Kier molecular flexibility index (Phi) is 4.72. The zero-order valence-corrected chi connectivity index (χ0v) is 10.2. The molecule has 1 aromatic carbocycles. The van der Waals surface area contributed by atoms with E-state index in [4.69, 9.17) is 9.84 Å². The third-order valence-corrected chi connectivity index (χ3v) is 2.54. The van der Waals surface area contributed by atoms with Crippen molar-refractivity contribution in [2.24, 2.45) is 0 Å². The summed E-state index contributed by atoms with van der Waals surface area (Å²) in [6, 6.07) is 9.79. The number of unbranched alkanes of at least 4 members (excludes halogenated alkanes) is 1. The van der Waals surface area contributed by atoms with E-state index in [1.54, 1.807) is 10.9 Å². The van der Waals surface area contributed by atoms with Crippen molar-refractivity contribution in [3.63, 3.8) is 0 Å². The molecule has 0 aliphatic carbocycles. The molecule has 0 spiro atoms. The van der Waals surface area contributed by atoms with Gasteiger partial charge in [-0.1, -0.05) is 23.4 Å². The molecule has 5 nitrogen and oxygen atoms in total. The number of ether oxygens (including phenoxy) is 1. The van der Waals surface area contributed by atoms with Crippen LogP contribution in [0.25, 0.3) is 0 Å². The Balaban J connectivity index is 1.61. The fraction of sp³-hybridized carbons (Fsp3) is 0.385. The van der Waals surface area contributed by atoms with Crippen LogP contribution in [-0.2, 0) is 13.2 Å². The Bertz CT molecular complexity index is 456. The second-order valence-electron chi connectivity index (χ2n) is 4.00. The maximum Gasteiger partial charge on any atom is 0.119 e. The van der Waals surface area contributed by atoms with Gasteiger partial charge in [0.15, 0.2) is 0 Å². The molecule has 0 saturated carbocycles. The van der Waals surface area contributed by atoms with Crippen LogP contribution in [0, 0.1) is 0 Å². The summed E-state index contributed by atoms with van der Waals surface area (Å²) in [5.41, 5.74) is 0.607.